The van der Waals surface area contributed by atoms with E-state index in [1.807, 2.05) is 6.07 Å². The molecule has 2 N–H and O–H groups in total. The molecule has 5 aromatic rings. The number of hydrogen-bond acceptors (Lipinski definition) is 5. The quantitative estimate of drug-likeness (QED) is 0.239. The van der Waals surface area contributed by atoms with Crippen molar-refractivity contribution in [3.8, 4) is 17.3 Å². The molecule has 2 atom stereocenters. The Morgan fingerprint density at radius 2 is 2.02 bits per heavy atom. The van der Waals surface area contributed by atoms with Gasteiger partial charge in [-0.2, -0.15) is 11.1 Å². The van der Waals surface area contributed by atoms with Gasteiger partial charge in [-0.15, -0.1) is 11.3 Å². The SMILES string of the molecule is COc1cc(C(=O)N2C[C@H](F)C[SH](N)C2)cc2nc(-c3cc4ccccc4n3CC3CC3)n(Cc3cccs3)c12. The van der Waals surface area contributed by atoms with Crippen molar-refractivity contribution in [3.63, 3.8) is 0 Å². The van der Waals surface area contributed by atoms with Gasteiger partial charge >= 0.3 is 0 Å². The molecule has 10 heteroatoms. The third-order valence-electron chi connectivity index (χ3n) is 7.84. The summed E-state index contributed by atoms with van der Waals surface area (Å²) in [6, 6.07) is 18.5. The lowest BCUT2D eigenvalue weighted by molar-refractivity contribution is 0.0742. The van der Waals surface area contributed by atoms with Gasteiger partial charge in [-0.25, -0.2) is 9.37 Å². The zero-order valence-corrected chi connectivity index (χ0v) is 24.0. The van der Waals surface area contributed by atoms with Crippen LogP contribution in [0.4, 0.5) is 4.39 Å². The van der Waals surface area contributed by atoms with Crippen LogP contribution in [0.3, 0.4) is 0 Å². The van der Waals surface area contributed by atoms with Crippen molar-refractivity contribution >= 4 is 50.3 Å². The van der Waals surface area contributed by atoms with Gasteiger partial charge in [-0.3, -0.25) is 9.93 Å². The smallest absolute Gasteiger partial charge is 0.254 e. The second kappa shape index (κ2) is 10.2. The van der Waals surface area contributed by atoms with Crippen molar-refractivity contribution in [3.05, 3.63) is 70.4 Å². The molecule has 2 aromatic carbocycles. The number of carbonyl (C=O) groups excluding carboxylic acids is 1. The van der Waals surface area contributed by atoms with Crippen LogP contribution < -0.4 is 9.88 Å². The van der Waals surface area contributed by atoms with Crippen molar-refractivity contribution in [1.29, 1.82) is 0 Å². The summed E-state index contributed by atoms with van der Waals surface area (Å²) in [7, 11) is 1.62. The van der Waals surface area contributed by atoms with Gasteiger partial charge in [0.2, 0.25) is 0 Å². The second-order valence-electron chi connectivity index (χ2n) is 10.8. The van der Waals surface area contributed by atoms with Gasteiger partial charge in [0, 0.05) is 33.6 Å². The molecular weight excluding hydrogens is 545 g/mol. The summed E-state index contributed by atoms with van der Waals surface area (Å²) in [5, 5.41) is 9.36. The number of rotatable bonds is 7. The molecule has 4 heterocycles. The molecule has 208 valence electrons. The maximum Gasteiger partial charge on any atom is 0.254 e. The monoisotopic (exact) mass is 577 g/mol. The number of benzene rings is 2. The zero-order chi connectivity index (χ0) is 27.4. The fourth-order valence-electron chi connectivity index (χ4n) is 5.78. The first-order valence-corrected chi connectivity index (χ1v) is 16.3. The maximum atomic E-state index is 14.3. The number of thiophene rings is 1. The average Bonchev–Trinajstić information content (AvgIpc) is 3.32. The summed E-state index contributed by atoms with van der Waals surface area (Å²) >= 11 is 0.669. The Labute approximate surface area is 238 Å². The summed E-state index contributed by atoms with van der Waals surface area (Å²) in [6.07, 6.45) is 1.40. The minimum Gasteiger partial charge on any atom is -0.494 e. The molecule has 1 amide bonds. The van der Waals surface area contributed by atoms with Crippen molar-refractivity contribution in [2.24, 2.45) is 11.1 Å². The van der Waals surface area contributed by atoms with Crippen LogP contribution in [0.15, 0.2) is 60.0 Å². The first kappa shape index (κ1) is 25.6. The Morgan fingerprint density at radius 3 is 2.77 bits per heavy atom. The van der Waals surface area contributed by atoms with Crippen molar-refractivity contribution < 1.29 is 13.9 Å². The van der Waals surface area contributed by atoms with E-state index in [1.54, 1.807) is 24.5 Å². The second-order valence-corrected chi connectivity index (χ2v) is 13.7. The van der Waals surface area contributed by atoms with Gasteiger partial charge in [0.05, 0.1) is 37.3 Å². The zero-order valence-electron chi connectivity index (χ0n) is 22.3. The Kier molecular flexibility index (Phi) is 6.56. The lowest BCUT2D eigenvalue weighted by Crippen LogP contribution is -2.44. The predicted molar refractivity (Wildman–Crippen MR) is 162 cm³/mol. The highest BCUT2D eigenvalue weighted by molar-refractivity contribution is 8.15. The van der Waals surface area contributed by atoms with E-state index < -0.39 is 17.3 Å². The standard InChI is InChI=1S/C30H32FN5O2S2/c1-38-27-13-21(30(37)34-15-22(31)17-40(32)18-34)11-24-28(27)36(16-23-6-4-10-39-23)29(33-24)26-12-20-5-2-3-7-25(20)35(26)14-19-8-9-19/h2-7,10-13,19,22,40H,8-9,14-18,32H2,1H3/t22-/m0/s1. The van der Waals surface area contributed by atoms with E-state index >= 15 is 0 Å². The van der Waals surface area contributed by atoms with Crippen molar-refractivity contribution in [2.45, 2.75) is 32.1 Å². The van der Waals surface area contributed by atoms with Crippen LogP contribution in [0.2, 0.25) is 0 Å². The molecule has 0 spiro atoms. The number of fused-ring (bicyclic) bond motifs is 2. The highest BCUT2D eigenvalue weighted by Gasteiger charge is 2.30. The van der Waals surface area contributed by atoms with Gasteiger partial charge in [0.1, 0.15) is 17.4 Å². The number of aromatic nitrogens is 3. The molecule has 40 heavy (non-hydrogen) atoms. The van der Waals surface area contributed by atoms with Crippen molar-refractivity contribution in [2.75, 3.05) is 25.3 Å². The van der Waals surface area contributed by atoms with Gasteiger partial charge in [0.25, 0.3) is 5.91 Å². The lowest BCUT2D eigenvalue weighted by Gasteiger charge is -2.35. The largest absolute Gasteiger partial charge is 0.494 e. The third-order valence-corrected chi connectivity index (χ3v) is 10.3. The molecule has 1 unspecified atom stereocenters. The van der Waals surface area contributed by atoms with E-state index in [2.05, 4.69) is 57.0 Å². The summed E-state index contributed by atoms with van der Waals surface area (Å²) in [6.45, 7) is 1.65. The van der Waals surface area contributed by atoms with E-state index in [0.29, 0.717) is 40.9 Å². The van der Waals surface area contributed by atoms with E-state index in [9.17, 15) is 9.18 Å². The first-order chi connectivity index (χ1) is 19.5. The molecular formula is C30H32FN5O2S2. The van der Waals surface area contributed by atoms with E-state index in [-0.39, 0.29) is 12.5 Å². The number of imidazole rings is 1. The van der Waals surface area contributed by atoms with E-state index in [1.165, 1.54) is 33.5 Å². The number of para-hydroxylation sites is 1. The Hall–Kier alpha value is -3.34. The number of methoxy groups -OCH3 is 1. The topological polar surface area (TPSA) is 78.3 Å². The molecule has 1 aliphatic heterocycles. The number of carbonyl (C=O) groups is 1. The summed E-state index contributed by atoms with van der Waals surface area (Å²) in [4.78, 5) is 21.5. The minimum absolute atomic E-state index is 0.0640. The van der Waals surface area contributed by atoms with Crippen LogP contribution in [-0.4, -0.2) is 56.4 Å². The van der Waals surface area contributed by atoms with E-state index in [0.717, 1.165) is 23.6 Å². The number of ether oxygens (including phenoxy) is 1. The van der Waals surface area contributed by atoms with Gasteiger partial charge in [0.15, 0.2) is 5.82 Å². The number of alkyl halides is 1. The van der Waals surface area contributed by atoms with Crippen LogP contribution >= 0.6 is 22.4 Å². The average molecular weight is 578 g/mol. The highest BCUT2D eigenvalue weighted by Crippen LogP contribution is 2.39. The van der Waals surface area contributed by atoms with Crippen LogP contribution in [0.25, 0.3) is 33.5 Å². The Morgan fingerprint density at radius 1 is 1.18 bits per heavy atom. The van der Waals surface area contributed by atoms with E-state index in [4.69, 9.17) is 14.9 Å². The Bertz CT molecular complexity index is 1700. The highest BCUT2D eigenvalue weighted by atomic mass is 32.2. The number of hydrogen-bond donors (Lipinski definition) is 2. The van der Waals surface area contributed by atoms with Crippen LogP contribution in [0, 0.1) is 5.92 Å². The van der Waals surface area contributed by atoms with Crippen LogP contribution in [0.1, 0.15) is 28.1 Å². The summed E-state index contributed by atoms with van der Waals surface area (Å²) in [5.41, 5.74) is 4.22. The molecule has 7 rings (SSSR count). The van der Waals surface area contributed by atoms with Gasteiger partial charge in [-0.05, 0) is 54.5 Å². The van der Waals surface area contributed by atoms with Crippen LogP contribution in [0.5, 0.6) is 5.75 Å². The number of nitrogens with zero attached hydrogens (tertiary/aromatic N) is 4. The molecule has 0 radical (unpaired) electrons. The number of amides is 1. The van der Waals surface area contributed by atoms with Crippen LogP contribution in [-0.2, 0) is 13.1 Å². The minimum atomic E-state index is -1.09. The molecule has 2 aliphatic rings. The normalized spacial score (nSPS) is 20.4. The number of thiol groups is 1. The molecule has 2 fully saturated rings. The maximum absolute atomic E-state index is 14.3. The fraction of sp³-hybridized carbons (Fsp3) is 0.333. The van der Waals surface area contributed by atoms with Gasteiger partial charge < -0.3 is 18.8 Å². The number of halogens is 1. The summed E-state index contributed by atoms with van der Waals surface area (Å²) in [5.74, 6) is 2.60. The predicted octanol–water partition coefficient (Wildman–Crippen LogP) is 5.81. The molecule has 1 saturated carbocycles. The number of nitrogens with two attached hydrogens (primary N) is 1. The molecule has 1 saturated heterocycles. The Balaban J connectivity index is 1.41. The molecule has 3 aromatic heterocycles. The molecule has 7 nitrogen and oxygen atoms in total. The van der Waals surface area contributed by atoms with Gasteiger partial charge in [-0.1, -0.05) is 24.3 Å². The lowest BCUT2D eigenvalue weighted by atomic mass is 10.1. The molecule has 1 aliphatic carbocycles. The third kappa shape index (κ3) is 4.67. The van der Waals surface area contributed by atoms with Crippen molar-refractivity contribution in [1.82, 2.24) is 19.0 Å². The fourth-order valence-corrected chi connectivity index (χ4v) is 7.90. The summed E-state index contributed by atoms with van der Waals surface area (Å²) < 4.78 is 24.8. The molecule has 0 bridgehead atoms. The first-order valence-electron chi connectivity index (χ1n) is 13.6.